The Balaban J connectivity index is 1.66. The summed E-state index contributed by atoms with van der Waals surface area (Å²) in [5.74, 6) is -1.17. The average Bonchev–Trinajstić information content (AvgIpc) is 2.94. The minimum atomic E-state index is -0.769. The molecule has 1 heterocycles. The number of phenolic OH excluding ortho intramolecular Hbond substituents is 1. The normalized spacial score (nSPS) is 14.7. The molecule has 1 unspecified atom stereocenters. The van der Waals surface area contributed by atoms with Gasteiger partial charge >= 0.3 is 0 Å². The maximum atomic E-state index is 13.6. The molecule has 1 atom stereocenters. The van der Waals surface area contributed by atoms with Gasteiger partial charge < -0.3 is 25.8 Å². The molecule has 8 nitrogen and oxygen atoms in total. The Hall–Kier alpha value is -4.68. The summed E-state index contributed by atoms with van der Waals surface area (Å²) >= 11 is 1.19. The van der Waals surface area contributed by atoms with Crippen molar-refractivity contribution in [2.24, 2.45) is 0 Å². The van der Waals surface area contributed by atoms with Gasteiger partial charge in [-0.3, -0.25) is 9.59 Å². The molecule has 0 fully saturated rings. The zero-order valence-electron chi connectivity index (χ0n) is 22.7. The highest BCUT2D eigenvalue weighted by Gasteiger charge is 2.35. The standard InChI is InChI=1S/C31H30N4O4S/c1-18-10-12-23(14-19(18)2)34-27(37)17-40-31-24(16-32)29(21-11-13-25(36)26(15-21)39-4)28(20(3)33-31)30(38)35-22-8-6-5-7-9-22/h5-15,29,33,36H,17H2,1-4H3,(H,34,37)(H,35,38). The number of rotatable bonds is 8. The number of phenols is 1. The molecule has 0 saturated carbocycles. The lowest BCUT2D eigenvalue weighted by molar-refractivity contribution is -0.114. The first-order chi connectivity index (χ1) is 19.2. The number of methoxy groups -OCH3 is 1. The average molecular weight is 555 g/mol. The Kier molecular flexibility index (Phi) is 8.82. The van der Waals surface area contributed by atoms with Crippen molar-refractivity contribution in [1.29, 1.82) is 5.26 Å². The van der Waals surface area contributed by atoms with E-state index in [1.807, 2.05) is 50.2 Å². The van der Waals surface area contributed by atoms with Crippen LogP contribution in [0.5, 0.6) is 11.5 Å². The summed E-state index contributed by atoms with van der Waals surface area (Å²) in [5, 5.41) is 30.0. The predicted molar refractivity (Wildman–Crippen MR) is 158 cm³/mol. The number of aryl methyl sites for hydroxylation is 2. The first-order valence-corrected chi connectivity index (χ1v) is 13.6. The van der Waals surface area contributed by atoms with Gasteiger partial charge in [0.2, 0.25) is 5.91 Å². The van der Waals surface area contributed by atoms with Gasteiger partial charge in [-0.05, 0) is 73.9 Å². The molecule has 0 radical (unpaired) electrons. The summed E-state index contributed by atoms with van der Waals surface area (Å²) in [6.07, 6.45) is 0. The number of carbonyl (C=O) groups excluding carboxylic acids is 2. The summed E-state index contributed by atoms with van der Waals surface area (Å²) in [6.45, 7) is 5.75. The Morgan fingerprint density at radius 2 is 1.75 bits per heavy atom. The number of carbonyl (C=O) groups is 2. The number of thioether (sulfide) groups is 1. The second kappa shape index (κ2) is 12.5. The molecule has 4 N–H and O–H groups in total. The number of amides is 2. The van der Waals surface area contributed by atoms with Crippen molar-refractivity contribution in [3.8, 4) is 17.6 Å². The Bertz CT molecular complexity index is 1560. The predicted octanol–water partition coefficient (Wildman–Crippen LogP) is 5.72. The molecule has 0 spiro atoms. The van der Waals surface area contributed by atoms with Crippen LogP contribution in [0.25, 0.3) is 0 Å². The number of hydrogen-bond acceptors (Lipinski definition) is 7. The zero-order chi connectivity index (χ0) is 28.8. The number of nitrogens with zero attached hydrogens (tertiary/aromatic N) is 1. The van der Waals surface area contributed by atoms with Crippen molar-refractivity contribution in [1.82, 2.24) is 5.32 Å². The molecule has 1 aliphatic rings. The number of ether oxygens (including phenoxy) is 1. The number of hydrogen-bond donors (Lipinski definition) is 4. The van der Waals surface area contributed by atoms with Crippen LogP contribution in [-0.2, 0) is 9.59 Å². The molecule has 0 aromatic heterocycles. The summed E-state index contributed by atoms with van der Waals surface area (Å²) in [5.41, 5.74) is 5.27. The van der Waals surface area contributed by atoms with E-state index in [0.29, 0.717) is 33.2 Å². The lowest BCUT2D eigenvalue weighted by atomic mass is 9.82. The molecule has 3 aromatic carbocycles. The number of nitrogens with one attached hydrogen (secondary N) is 3. The highest BCUT2D eigenvalue weighted by atomic mass is 32.2. The van der Waals surface area contributed by atoms with E-state index < -0.39 is 5.92 Å². The van der Waals surface area contributed by atoms with Gasteiger partial charge in [-0.1, -0.05) is 42.1 Å². The molecule has 2 amide bonds. The van der Waals surface area contributed by atoms with Crippen LogP contribution in [0, 0.1) is 25.2 Å². The summed E-state index contributed by atoms with van der Waals surface area (Å²) < 4.78 is 5.30. The van der Waals surface area contributed by atoms with Crippen molar-refractivity contribution in [3.63, 3.8) is 0 Å². The number of nitriles is 1. The van der Waals surface area contributed by atoms with Crippen LogP contribution in [-0.4, -0.2) is 29.8 Å². The minimum absolute atomic E-state index is 0.0465. The van der Waals surface area contributed by atoms with Crippen molar-refractivity contribution in [2.75, 3.05) is 23.5 Å². The molecule has 0 bridgehead atoms. The largest absolute Gasteiger partial charge is 0.504 e. The molecule has 1 aliphatic heterocycles. The number of aromatic hydroxyl groups is 1. The Labute approximate surface area is 237 Å². The summed E-state index contributed by atoms with van der Waals surface area (Å²) in [6, 6.07) is 21.7. The fourth-order valence-electron chi connectivity index (χ4n) is 4.41. The van der Waals surface area contributed by atoms with Crippen LogP contribution in [0.4, 0.5) is 11.4 Å². The molecule has 3 aromatic rings. The molecule has 0 aliphatic carbocycles. The van der Waals surface area contributed by atoms with Gasteiger partial charge in [0.1, 0.15) is 0 Å². The van der Waals surface area contributed by atoms with Crippen LogP contribution in [0.15, 0.2) is 88.6 Å². The Morgan fingerprint density at radius 3 is 2.42 bits per heavy atom. The first kappa shape index (κ1) is 28.3. The first-order valence-electron chi connectivity index (χ1n) is 12.6. The van der Waals surface area contributed by atoms with Crippen LogP contribution < -0.4 is 20.7 Å². The highest BCUT2D eigenvalue weighted by molar-refractivity contribution is 8.03. The van der Waals surface area contributed by atoms with Gasteiger partial charge in [0.15, 0.2) is 11.5 Å². The number of allylic oxidation sites excluding steroid dienone is 2. The molecular weight excluding hydrogens is 524 g/mol. The smallest absolute Gasteiger partial charge is 0.254 e. The maximum Gasteiger partial charge on any atom is 0.254 e. The molecular formula is C31H30N4O4S. The SMILES string of the molecule is COc1cc(C2C(C#N)=C(SCC(=O)Nc3ccc(C)c(C)c3)NC(C)=C2C(=O)Nc2ccccc2)ccc1O. The molecule has 0 saturated heterocycles. The van der Waals surface area contributed by atoms with Gasteiger partial charge in [0, 0.05) is 22.6 Å². The second-order valence-corrected chi connectivity index (χ2v) is 10.3. The van der Waals surface area contributed by atoms with Gasteiger partial charge in [-0.25, -0.2) is 0 Å². The third kappa shape index (κ3) is 6.30. The number of dihydropyridines is 1. The fourth-order valence-corrected chi connectivity index (χ4v) is 5.30. The van der Waals surface area contributed by atoms with Crippen molar-refractivity contribution in [2.45, 2.75) is 26.7 Å². The molecule has 4 rings (SSSR count). The van der Waals surface area contributed by atoms with E-state index in [0.717, 1.165) is 11.1 Å². The van der Waals surface area contributed by atoms with E-state index in [9.17, 15) is 20.0 Å². The van der Waals surface area contributed by atoms with Crippen molar-refractivity contribution in [3.05, 3.63) is 105 Å². The van der Waals surface area contributed by atoms with Crippen LogP contribution >= 0.6 is 11.8 Å². The summed E-state index contributed by atoms with van der Waals surface area (Å²) in [4.78, 5) is 26.4. The molecule has 40 heavy (non-hydrogen) atoms. The van der Waals surface area contributed by atoms with Crippen molar-refractivity contribution < 1.29 is 19.4 Å². The highest BCUT2D eigenvalue weighted by Crippen LogP contribution is 2.43. The number of anilines is 2. The van der Waals surface area contributed by atoms with Crippen LogP contribution in [0.1, 0.15) is 29.5 Å². The van der Waals surface area contributed by atoms with Gasteiger partial charge in [0.05, 0.1) is 35.5 Å². The summed E-state index contributed by atoms with van der Waals surface area (Å²) in [7, 11) is 1.43. The van der Waals surface area contributed by atoms with E-state index in [-0.39, 0.29) is 34.6 Å². The van der Waals surface area contributed by atoms with Gasteiger partial charge in [-0.2, -0.15) is 5.26 Å². The second-order valence-electron chi connectivity index (χ2n) is 9.34. The van der Waals surface area contributed by atoms with E-state index in [4.69, 9.17) is 4.74 Å². The van der Waals surface area contributed by atoms with E-state index in [1.54, 1.807) is 31.2 Å². The van der Waals surface area contributed by atoms with E-state index in [2.05, 4.69) is 22.0 Å². The molecule has 9 heteroatoms. The molecule has 204 valence electrons. The zero-order valence-corrected chi connectivity index (χ0v) is 23.5. The number of benzene rings is 3. The quantitative estimate of drug-likeness (QED) is 0.281. The van der Waals surface area contributed by atoms with Crippen molar-refractivity contribution >= 4 is 35.0 Å². The maximum absolute atomic E-state index is 13.6. The topological polar surface area (TPSA) is 123 Å². The van der Waals surface area contributed by atoms with Crippen LogP contribution in [0.2, 0.25) is 0 Å². The van der Waals surface area contributed by atoms with E-state index >= 15 is 0 Å². The third-order valence-electron chi connectivity index (χ3n) is 6.60. The van der Waals surface area contributed by atoms with Crippen LogP contribution in [0.3, 0.4) is 0 Å². The Morgan fingerprint density at radius 1 is 1.00 bits per heavy atom. The minimum Gasteiger partial charge on any atom is -0.504 e. The monoisotopic (exact) mass is 554 g/mol. The lowest BCUT2D eigenvalue weighted by Gasteiger charge is -2.30. The third-order valence-corrected chi connectivity index (χ3v) is 7.62. The lowest BCUT2D eigenvalue weighted by Crippen LogP contribution is -2.31. The van der Waals surface area contributed by atoms with Gasteiger partial charge in [-0.15, -0.1) is 0 Å². The van der Waals surface area contributed by atoms with E-state index in [1.165, 1.54) is 24.9 Å². The number of para-hydroxylation sites is 1. The fraction of sp³-hybridized carbons (Fsp3) is 0.194. The van der Waals surface area contributed by atoms with Gasteiger partial charge in [0.25, 0.3) is 5.91 Å².